The summed E-state index contributed by atoms with van der Waals surface area (Å²) in [6.45, 7) is 4.02. The number of anilines is 2. The lowest BCUT2D eigenvalue weighted by molar-refractivity contribution is 0.0828. The van der Waals surface area contributed by atoms with Crippen LogP contribution in [0.1, 0.15) is 24.2 Å². The van der Waals surface area contributed by atoms with Gasteiger partial charge < -0.3 is 21.1 Å². The van der Waals surface area contributed by atoms with E-state index in [1.165, 1.54) is 4.90 Å². The Morgan fingerprint density at radius 1 is 1.42 bits per heavy atom. The Labute approximate surface area is 114 Å². The van der Waals surface area contributed by atoms with Crippen LogP contribution in [0.15, 0.2) is 18.2 Å². The van der Waals surface area contributed by atoms with Gasteiger partial charge in [-0.15, -0.1) is 0 Å². The highest BCUT2D eigenvalue weighted by Gasteiger charge is 2.18. The largest absolute Gasteiger partial charge is 0.399 e. The van der Waals surface area contributed by atoms with E-state index in [-0.39, 0.29) is 24.5 Å². The molecular formula is C14H23N3O2. The van der Waals surface area contributed by atoms with Crippen LogP contribution in [0.2, 0.25) is 0 Å². The van der Waals surface area contributed by atoms with Crippen molar-refractivity contribution in [2.75, 3.05) is 31.8 Å². The highest BCUT2D eigenvalue weighted by atomic mass is 16.3. The summed E-state index contributed by atoms with van der Waals surface area (Å²) in [5.74, 6) is 0.150. The minimum absolute atomic E-state index is 0.00204. The number of nitrogens with zero attached hydrogens (tertiary/aromatic N) is 1. The second-order valence-electron chi connectivity index (χ2n) is 5.18. The third-order valence-corrected chi connectivity index (χ3v) is 3.02. The van der Waals surface area contributed by atoms with Gasteiger partial charge in [0.05, 0.1) is 18.2 Å². The van der Waals surface area contributed by atoms with Crippen molar-refractivity contribution in [1.82, 2.24) is 4.90 Å². The van der Waals surface area contributed by atoms with Crippen molar-refractivity contribution >= 4 is 17.3 Å². The number of amides is 1. The van der Waals surface area contributed by atoms with Gasteiger partial charge in [-0.3, -0.25) is 4.79 Å². The summed E-state index contributed by atoms with van der Waals surface area (Å²) in [6, 6.07) is 5.01. The first kappa shape index (κ1) is 15.3. The van der Waals surface area contributed by atoms with Gasteiger partial charge in [-0.05, 0) is 24.1 Å². The second kappa shape index (κ2) is 6.43. The molecule has 106 valence electrons. The molecule has 5 nitrogen and oxygen atoms in total. The summed E-state index contributed by atoms with van der Waals surface area (Å²) in [6.07, 6.45) is 0. The van der Waals surface area contributed by atoms with Crippen LogP contribution in [0.25, 0.3) is 0 Å². The predicted molar refractivity (Wildman–Crippen MR) is 78.2 cm³/mol. The number of carbonyl (C=O) groups is 1. The molecule has 1 aromatic rings. The molecule has 0 aliphatic carbocycles. The van der Waals surface area contributed by atoms with Crippen LogP contribution >= 0.6 is 0 Å². The molecule has 1 atom stereocenters. The van der Waals surface area contributed by atoms with Crippen LogP contribution in [0.5, 0.6) is 0 Å². The Hall–Kier alpha value is -1.75. The van der Waals surface area contributed by atoms with Crippen LogP contribution < -0.4 is 11.1 Å². The van der Waals surface area contributed by atoms with E-state index < -0.39 is 0 Å². The van der Waals surface area contributed by atoms with Gasteiger partial charge in [0.1, 0.15) is 0 Å². The van der Waals surface area contributed by atoms with Crippen LogP contribution in [-0.2, 0) is 0 Å². The standard InChI is InChI=1S/C14H23N3O2/c1-9(2)13(8-18)16-12-7-10(15)5-6-11(12)14(19)17(3)4/h5-7,9,13,16,18H,8,15H2,1-4H3. The molecule has 0 saturated heterocycles. The number of hydrogen-bond donors (Lipinski definition) is 3. The van der Waals surface area contributed by atoms with Crippen molar-refractivity contribution < 1.29 is 9.90 Å². The van der Waals surface area contributed by atoms with Gasteiger partial charge in [0.25, 0.3) is 5.91 Å². The average Bonchev–Trinajstić information content (AvgIpc) is 2.34. The first-order valence-corrected chi connectivity index (χ1v) is 6.35. The van der Waals surface area contributed by atoms with Gasteiger partial charge >= 0.3 is 0 Å². The third kappa shape index (κ3) is 3.86. The molecule has 0 saturated carbocycles. The van der Waals surface area contributed by atoms with Gasteiger partial charge in [-0.1, -0.05) is 13.8 Å². The number of aliphatic hydroxyl groups is 1. The summed E-state index contributed by atoms with van der Waals surface area (Å²) in [4.78, 5) is 13.6. The first-order chi connectivity index (χ1) is 8.86. The Bertz CT molecular complexity index is 444. The maximum atomic E-state index is 12.1. The summed E-state index contributed by atoms with van der Waals surface area (Å²) in [5, 5.41) is 12.6. The number of carbonyl (C=O) groups excluding carboxylic acids is 1. The molecule has 0 aliphatic heterocycles. The third-order valence-electron chi connectivity index (χ3n) is 3.02. The molecule has 0 fully saturated rings. The van der Waals surface area contributed by atoms with Gasteiger partial charge in [-0.25, -0.2) is 0 Å². The molecule has 0 radical (unpaired) electrons. The zero-order valence-electron chi connectivity index (χ0n) is 12.0. The lowest BCUT2D eigenvalue weighted by Gasteiger charge is -2.23. The van der Waals surface area contributed by atoms with Crippen LogP contribution in [0.3, 0.4) is 0 Å². The summed E-state index contributed by atoms with van der Waals surface area (Å²) in [5.41, 5.74) is 7.56. The highest BCUT2D eigenvalue weighted by molar-refractivity contribution is 6.00. The molecule has 0 bridgehead atoms. The minimum Gasteiger partial charge on any atom is -0.399 e. The van der Waals surface area contributed by atoms with E-state index >= 15 is 0 Å². The zero-order valence-corrected chi connectivity index (χ0v) is 12.0. The SMILES string of the molecule is CC(C)C(CO)Nc1cc(N)ccc1C(=O)N(C)C. The Morgan fingerprint density at radius 2 is 2.05 bits per heavy atom. The van der Waals surface area contributed by atoms with E-state index in [1.54, 1.807) is 32.3 Å². The molecule has 0 aliphatic rings. The van der Waals surface area contributed by atoms with Gasteiger partial charge in [0.15, 0.2) is 0 Å². The van der Waals surface area contributed by atoms with Crippen molar-refractivity contribution in [2.24, 2.45) is 5.92 Å². The fraction of sp³-hybridized carbons (Fsp3) is 0.500. The number of benzene rings is 1. The van der Waals surface area contributed by atoms with Gasteiger partial charge in [0, 0.05) is 25.5 Å². The Kier molecular flexibility index (Phi) is 5.18. The normalized spacial score (nSPS) is 12.3. The number of nitrogens with two attached hydrogens (primary N) is 1. The maximum Gasteiger partial charge on any atom is 0.255 e. The second-order valence-corrected chi connectivity index (χ2v) is 5.18. The number of aliphatic hydroxyl groups excluding tert-OH is 1. The van der Waals surface area contributed by atoms with Crippen molar-refractivity contribution in [3.8, 4) is 0 Å². The first-order valence-electron chi connectivity index (χ1n) is 6.35. The summed E-state index contributed by atoms with van der Waals surface area (Å²) >= 11 is 0. The molecule has 1 amide bonds. The van der Waals surface area contributed by atoms with E-state index in [0.29, 0.717) is 16.9 Å². The quantitative estimate of drug-likeness (QED) is 0.703. The molecule has 0 aromatic heterocycles. The molecule has 1 aromatic carbocycles. The molecule has 1 unspecified atom stereocenters. The number of rotatable bonds is 5. The van der Waals surface area contributed by atoms with Gasteiger partial charge in [0.2, 0.25) is 0 Å². The molecule has 4 N–H and O–H groups in total. The number of nitrogens with one attached hydrogen (secondary N) is 1. The van der Waals surface area contributed by atoms with E-state index in [9.17, 15) is 9.90 Å². The minimum atomic E-state index is -0.115. The van der Waals surface area contributed by atoms with E-state index in [2.05, 4.69) is 5.32 Å². The van der Waals surface area contributed by atoms with E-state index in [4.69, 9.17) is 5.73 Å². The van der Waals surface area contributed by atoms with Crippen molar-refractivity contribution in [3.05, 3.63) is 23.8 Å². The van der Waals surface area contributed by atoms with Crippen LogP contribution in [0.4, 0.5) is 11.4 Å². The smallest absolute Gasteiger partial charge is 0.255 e. The molecule has 5 heteroatoms. The van der Waals surface area contributed by atoms with Crippen LogP contribution in [-0.4, -0.2) is 42.7 Å². The van der Waals surface area contributed by atoms with Crippen LogP contribution in [0, 0.1) is 5.92 Å². The predicted octanol–water partition coefficient (Wildman–Crippen LogP) is 1.40. The van der Waals surface area contributed by atoms with E-state index in [0.717, 1.165) is 0 Å². The number of nitrogen functional groups attached to an aromatic ring is 1. The fourth-order valence-corrected chi connectivity index (χ4v) is 1.73. The lowest BCUT2D eigenvalue weighted by atomic mass is 10.0. The topological polar surface area (TPSA) is 78.6 Å². The molecular weight excluding hydrogens is 242 g/mol. The average molecular weight is 265 g/mol. The van der Waals surface area contributed by atoms with Crippen molar-refractivity contribution in [1.29, 1.82) is 0 Å². The zero-order chi connectivity index (χ0) is 14.6. The summed E-state index contributed by atoms with van der Waals surface area (Å²) in [7, 11) is 3.41. The lowest BCUT2D eigenvalue weighted by Crippen LogP contribution is -2.31. The number of hydrogen-bond acceptors (Lipinski definition) is 4. The van der Waals surface area contributed by atoms with Crippen molar-refractivity contribution in [3.63, 3.8) is 0 Å². The maximum absolute atomic E-state index is 12.1. The summed E-state index contributed by atoms with van der Waals surface area (Å²) < 4.78 is 0. The highest BCUT2D eigenvalue weighted by Crippen LogP contribution is 2.22. The molecule has 1 rings (SSSR count). The monoisotopic (exact) mass is 265 g/mol. The fourth-order valence-electron chi connectivity index (χ4n) is 1.73. The Balaban J connectivity index is 3.10. The molecule has 0 heterocycles. The molecule has 0 spiro atoms. The van der Waals surface area contributed by atoms with Crippen molar-refractivity contribution in [2.45, 2.75) is 19.9 Å². The van der Waals surface area contributed by atoms with E-state index in [1.807, 2.05) is 13.8 Å². The molecule has 19 heavy (non-hydrogen) atoms. The van der Waals surface area contributed by atoms with Gasteiger partial charge in [-0.2, -0.15) is 0 Å². The Morgan fingerprint density at radius 3 is 2.53 bits per heavy atom.